The van der Waals surface area contributed by atoms with Crippen LogP contribution in [0.3, 0.4) is 0 Å². The Morgan fingerprint density at radius 1 is 1.00 bits per heavy atom. The lowest BCUT2D eigenvalue weighted by Crippen LogP contribution is -2.13. The van der Waals surface area contributed by atoms with Crippen LogP contribution in [0.25, 0.3) is 6.08 Å². The fourth-order valence-corrected chi connectivity index (χ4v) is 2.32. The Morgan fingerprint density at radius 2 is 1.71 bits per heavy atom. The first-order valence-corrected chi connectivity index (χ1v) is 8.40. The molecule has 2 aromatic carbocycles. The van der Waals surface area contributed by atoms with Crippen LogP contribution in [-0.2, 0) is 14.3 Å². The van der Waals surface area contributed by atoms with E-state index in [1.165, 1.54) is 26.2 Å². The van der Waals surface area contributed by atoms with E-state index < -0.39 is 5.97 Å². The Labute approximate surface area is 162 Å². The van der Waals surface area contributed by atoms with Crippen LogP contribution in [0.2, 0.25) is 0 Å². The third-order valence-electron chi connectivity index (χ3n) is 3.71. The Kier molecular flexibility index (Phi) is 7.33. The van der Waals surface area contributed by atoms with E-state index in [1.807, 2.05) is 0 Å². The Balaban J connectivity index is 1.92. The van der Waals surface area contributed by atoms with Crippen molar-refractivity contribution < 1.29 is 28.6 Å². The van der Waals surface area contributed by atoms with Gasteiger partial charge in [-0.2, -0.15) is 0 Å². The van der Waals surface area contributed by atoms with E-state index in [0.29, 0.717) is 28.3 Å². The van der Waals surface area contributed by atoms with E-state index in [-0.39, 0.29) is 18.3 Å². The highest BCUT2D eigenvalue weighted by molar-refractivity contribution is 5.99. The van der Waals surface area contributed by atoms with Gasteiger partial charge in [0, 0.05) is 35.9 Å². The van der Waals surface area contributed by atoms with Gasteiger partial charge in [0.05, 0.1) is 14.2 Å². The van der Waals surface area contributed by atoms with Crippen LogP contribution in [0, 0.1) is 0 Å². The van der Waals surface area contributed by atoms with Crippen molar-refractivity contribution in [2.45, 2.75) is 6.92 Å². The molecule has 0 saturated heterocycles. The summed E-state index contributed by atoms with van der Waals surface area (Å²) in [6, 6.07) is 11.5. The Hall–Kier alpha value is -3.61. The molecule has 0 fully saturated rings. The summed E-state index contributed by atoms with van der Waals surface area (Å²) in [6.07, 6.45) is 2.75. The van der Waals surface area contributed by atoms with Crippen molar-refractivity contribution in [3.05, 3.63) is 59.7 Å². The molecule has 146 valence electrons. The van der Waals surface area contributed by atoms with Crippen molar-refractivity contribution in [2.75, 3.05) is 26.1 Å². The van der Waals surface area contributed by atoms with Gasteiger partial charge < -0.3 is 19.5 Å². The average Bonchev–Trinajstić information content (AvgIpc) is 2.70. The maximum absolute atomic E-state index is 12.1. The molecule has 0 unspecified atom stereocenters. The number of anilines is 1. The molecule has 0 aliphatic rings. The van der Waals surface area contributed by atoms with Crippen LogP contribution in [-0.4, -0.2) is 38.5 Å². The van der Waals surface area contributed by atoms with Gasteiger partial charge in [-0.1, -0.05) is 0 Å². The van der Waals surface area contributed by atoms with Crippen LogP contribution < -0.4 is 14.8 Å². The summed E-state index contributed by atoms with van der Waals surface area (Å²) in [5.41, 5.74) is 1.63. The molecule has 28 heavy (non-hydrogen) atoms. The molecule has 0 saturated carbocycles. The van der Waals surface area contributed by atoms with E-state index in [2.05, 4.69) is 5.32 Å². The van der Waals surface area contributed by atoms with E-state index in [0.717, 1.165) is 0 Å². The smallest absolute Gasteiger partial charge is 0.331 e. The molecule has 0 aliphatic carbocycles. The Morgan fingerprint density at radius 3 is 2.32 bits per heavy atom. The molecule has 0 heterocycles. The number of methoxy groups -OCH3 is 2. The lowest BCUT2D eigenvalue weighted by Gasteiger charge is -2.07. The topological polar surface area (TPSA) is 90.9 Å². The summed E-state index contributed by atoms with van der Waals surface area (Å²) < 4.78 is 15.3. The predicted molar refractivity (Wildman–Crippen MR) is 105 cm³/mol. The summed E-state index contributed by atoms with van der Waals surface area (Å²) >= 11 is 0. The highest BCUT2D eigenvalue weighted by atomic mass is 16.5. The second kappa shape index (κ2) is 9.91. The van der Waals surface area contributed by atoms with Crippen molar-refractivity contribution in [3.8, 4) is 11.5 Å². The third-order valence-corrected chi connectivity index (χ3v) is 3.71. The van der Waals surface area contributed by atoms with E-state index >= 15 is 0 Å². The summed E-state index contributed by atoms with van der Waals surface area (Å²) in [5, 5.41) is 2.61. The minimum atomic E-state index is -0.652. The molecule has 0 aromatic heterocycles. The summed E-state index contributed by atoms with van der Waals surface area (Å²) in [4.78, 5) is 35.0. The van der Waals surface area contributed by atoms with Crippen LogP contribution >= 0.6 is 0 Å². The van der Waals surface area contributed by atoms with Crippen LogP contribution in [0.15, 0.2) is 48.5 Å². The quantitative estimate of drug-likeness (QED) is 0.428. The number of Topliss-reactive ketones (excluding diaryl/α,β-unsaturated/α-hetero) is 1. The monoisotopic (exact) mass is 383 g/mol. The molecule has 1 amide bonds. The molecule has 0 aliphatic heterocycles. The van der Waals surface area contributed by atoms with Crippen LogP contribution in [0.5, 0.6) is 11.5 Å². The number of hydrogen-bond donors (Lipinski definition) is 1. The van der Waals surface area contributed by atoms with Gasteiger partial charge in [0.1, 0.15) is 11.5 Å². The molecule has 7 heteroatoms. The highest BCUT2D eigenvalue weighted by Gasteiger charge is 2.09. The first-order chi connectivity index (χ1) is 13.4. The van der Waals surface area contributed by atoms with Gasteiger partial charge in [-0.05, 0) is 42.5 Å². The first kappa shape index (κ1) is 20.7. The SMILES string of the molecule is COc1ccc(/C=C/C(=O)OCC(=O)c2ccc(NC(C)=O)cc2)c(OC)c1. The number of hydrogen-bond acceptors (Lipinski definition) is 6. The molecule has 1 N–H and O–H groups in total. The normalized spacial score (nSPS) is 10.4. The number of rotatable bonds is 8. The molecular formula is C21H21NO6. The number of carbonyl (C=O) groups is 3. The number of esters is 1. The lowest BCUT2D eigenvalue weighted by atomic mass is 10.1. The maximum Gasteiger partial charge on any atom is 0.331 e. The van der Waals surface area contributed by atoms with Gasteiger partial charge in [0.15, 0.2) is 12.4 Å². The molecule has 0 radical (unpaired) electrons. The molecule has 2 rings (SSSR count). The standard InChI is InChI=1S/C21H21NO6/c1-14(23)22-17-8-4-15(5-9-17)19(24)13-28-21(25)11-7-16-6-10-18(26-2)12-20(16)27-3/h4-12H,13H2,1-3H3,(H,22,23)/b11-7+. The van der Waals surface area contributed by atoms with Gasteiger partial charge in [0.2, 0.25) is 5.91 Å². The zero-order valence-electron chi connectivity index (χ0n) is 15.9. The molecule has 0 atom stereocenters. The third kappa shape index (κ3) is 5.98. The summed E-state index contributed by atoms with van der Waals surface area (Å²) in [6.45, 7) is 1.01. The van der Waals surface area contributed by atoms with Crippen LogP contribution in [0.4, 0.5) is 5.69 Å². The molecular weight excluding hydrogens is 362 g/mol. The number of carbonyl (C=O) groups excluding carboxylic acids is 3. The number of amides is 1. The van der Waals surface area contributed by atoms with Gasteiger partial charge in [0.25, 0.3) is 0 Å². The van der Waals surface area contributed by atoms with E-state index in [4.69, 9.17) is 14.2 Å². The molecule has 7 nitrogen and oxygen atoms in total. The highest BCUT2D eigenvalue weighted by Crippen LogP contribution is 2.25. The van der Waals surface area contributed by atoms with Gasteiger partial charge >= 0.3 is 5.97 Å². The fraction of sp³-hybridized carbons (Fsp3) is 0.190. The van der Waals surface area contributed by atoms with Crippen molar-refractivity contribution in [2.24, 2.45) is 0 Å². The minimum absolute atomic E-state index is 0.201. The predicted octanol–water partition coefficient (Wildman–Crippen LogP) is 3.10. The van der Waals surface area contributed by atoms with Crippen molar-refractivity contribution >= 4 is 29.4 Å². The first-order valence-electron chi connectivity index (χ1n) is 8.40. The largest absolute Gasteiger partial charge is 0.497 e. The number of nitrogens with one attached hydrogen (secondary N) is 1. The van der Waals surface area contributed by atoms with Crippen molar-refractivity contribution in [1.82, 2.24) is 0 Å². The number of ketones is 1. The number of ether oxygens (including phenoxy) is 3. The van der Waals surface area contributed by atoms with Crippen LogP contribution in [0.1, 0.15) is 22.8 Å². The second-order valence-corrected chi connectivity index (χ2v) is 5.73. The average molecular weight is 383 g/mol. The van der Waals surface area contributed by atoms with Crippen molar-refractivity contribution in [1.29, 1.82) is 0 Å². The number of benzene rings is 2. The molecule has 2 aromatic rings. The lowest BCUT2D eigenvalue weighted by molar-refractivity contribution is -0.136. The minimum Gasteiger partial charge on any atom is -0.497 e. The molecule has 0 spiro atoms. The molecule has 0 bridgehead atoms. The van der Waals surface area contributed by atoms with Gasteiger partial charge in [-0.15, -0.1) is 0 Å². The van der Waals surface area contributed by atoms with E-state index in [1.54, 1.807) is 49.6 Å². The van der Waals surface area contributed by atoms with Gasteiger partial charge in [-0.25, -0.2) is 4.79 Å². The van der Waals surface area contributed by atoms with Gasteiger partial charge in [-0.3, -0.25) is 9.59 Å². The van der Waals surface area contributed by atoms with E-state index in [9.17, 15) is 14.4 Å². The Bertz CT molecular complexity index is 886. The maximum atomic E-state index is 12.1. The summed E-state index contributed by atoms with van der Waals surface area (Å²) in [5.74, 6) is -0.0297. The summed E-state index contributed by atoms with van der Waals surface area (Å²) in [7, 11) is 3.06. The fourth-order valence-electron chi connectivity index (χ4n) is 2.32. The second-order valence-electron chi connectivity index (χ2n) is 5.73. The zero-order chi connectivity index (χ0) is 20.5. The zero-order valence-corrected chi connectivity index (χ0v) is 15.9. The van der Waals surface area contributed by atoms with Crippen molar-refractivity contribution in [3.63, 3.8) is 0 Å².